The maximum absolute atomic E-state index is 5.84. The maximum atomic E-state index is 5.84. The predicted molar refractivity (Wildman–Crippen MR) is 105 cm³/mol. The number of thioether (sulfide) groups is 1. The second-order valence-corrected chi connectivity index (χ2v) is 7.28. The fourth-order valence-corrected chi connectivity index (χ4v) is 3.65. The van der Waals surface area contributed by atoms with E-state index in [0.717, 1.165) is 33.4 Å². The molecular formula is C20H19N5OS. The summed E-state index contributed by atoms with van der Waals surface area (Å²) in [5.74, 6) is 2.08. The van der Waals surface area contributed by atoms with E-state index in [-0.39, 0.29) is 0 Å². The maximum Gasteiger partial charge on any atom is 0.226 e. The minimum atomic E-state index is 0.632. The van der Waals surface area contributed by atoms with Crippen LogP contribution in [0.15, 0.2) is 58.1 Å². The number of tetrazole rings is 1. The average Bonchev–Trinajstić information content (AvgIpc) is 3.29. The molecule has 2 heterocycles. The van der Waals surface area contributed by atoms with E-state index in [4.69, 9.17) is 4.42 Å². The van der Waals surface area contributed by atoms with Crippen molar-refractivity contribution in [1.82, 2.24) is 25.2 Å². The third-order valence-electron chi connectivity index (χ3n) is 4.29. The van der Waals surface area contributed by atoms with Gasteiger partial charge in [0.05, 0.1) is 11.4 Å². The summed E-state index contributed by atoms with van der Waals surface area (Å²) >= 11 is 1.54. The van der Waals surface area contributed by atoms with Crippen molar-refractivity contribution in [2.24, 2.45) is 0 Å². The monoisotopic (exact) mass is 377 g/mol. The predicted octanol–water partition coefficient (Wildman–Crippen LogP) is 4.53. The molecule has 2 aromatic heterocycles. The molecule has 0 aliphatic rings. The highest BCUT2D eigenvalue weighted by Crippen LogP contribution is 2.28. The lowest BCUT2D eigenvalue weighted by Crippen LogP contribution is -2.02. The third kappa shape index (κ3) is 3.64. The second kappa shape index (κ2) is 7.36. The Morgan fingerprint density at radius 3 is 2.67 bits per heavy atom. The van der Waals surface area contributed by atoms with Crippen LogP contribution >= 0.6 is 11.8 Å². The van der Waals surface area contributed by atoms with Crippen LogP contribution in [0.25, 0.3) is 17.1 Å². The summed E-state index contributed by atoms with van der Waals surface area (Å²) < 4.78 is 7.62. The summed E-state index contributed by atoms with van der Waals surface area (Å²) in [6.45, 7) is 6.05. The zero-order chi connectivity index (χ0) is 18.8. The summed E-state index contributed by atoms with van der Waals surface area (Å²) in [6.07, 6.45) is 0. The first-order valence-electron chi connectivity index (χ1n) is 8.62. The van der Waals surface area contributed by atoms with Crippen LogP contribution in [0.3, 0.4) is 0 Å². The number of aryl methyl sites for hydroxylation is 3. The van der Waals surface area contributed by atoms with Crippen molar-refractivity contribution < 1.29 is 4.42 Å². The molecule has 0 aliphatic heterocycles. The van der Waals surface area contributed by atoms with Crippen molar-refractivity contribution in [2.75, 3.05) is 0 Å². The molecule has 0 amide bonds. The van der Waals surface area contributed by atoms with Crippen LogP contribution in [0.4, 0.5) is 0 Å². The highest BCUT2D eigenvalue weighted by Gasteiger charge is 2.15. The van der Waals surface area contributed by atoms with Crippen LogP contribution in [-0.4, -0.2) is 25.2 Å². The number of oxazole rings is 1. The largest absolute Gasteiger partial charge is 0.441 e. The molecule has 0 atom stereocenters. The number of benzene rings is 2. The Balaban J connectivity index is 1.56. The zero-order valence-electron chi connectivity index (χ0n) is 15.4. The van der Waals surface area contributed by atoms with E-state index in [2.05, 4.69) is 52.6 Å². The summed E-state index contributed by atoms with van der Waals surface area (Å²) in [7, 11) is 0. The highest BCUT2D eigenvalue weighted by atomic mass is 32.2. The van der Waals surface area contributed by atoms with Crippen LogP contribution in [-0.2, 0) is 5.75 Å². The fraction of sp³-hybridized carbons (Fsp3) is 0.200. The van der Waals surface area contributed by atoms with Gasteiger partial charge in [0.15, 0.2) is 0 Å². The average molecular weight is 377 g/mol. The summed E-state index contributed by atoms with van der Waals surface area (Å²) in [4.78, 5) is 4.65. The Morgan fingerprint density at radius 1 is 1.04 bits per heavy atom. The Morgan fingerprint density at radius 2 is 1.85 bits per heavy atom. The molecule has 0 aliphatic carbocycles. The lowest BCUT2D eigenvalue weighted by molar-refractivity contribution is 0.540. The van der Waals surface area contributed by atoms with Gasteiger partial charge in [-0.3, -0.25) is 0 Å². The van der Waals surface area contributed by atoms with Gasteiger partial charge in [0.25, 0.3) is 0 Å². The lowest BCUT2D eigenvalue weighted by atomic mass is 10.1. The van der Waals surface area contributed by atoms with E-state index < -0.39 is 0 Å². The quantitative estimate of drug-likeness (QED) is 0.476. The highest BCUT2D eigenvalue weighted by molar-refractivity contribution is 7.98. The van der Waals surface area contributed by atoms with Crippen molar-refractivity contribution in [3.63, 3.8) is 0 Å². The van der Waals surface area contributed by atoms with Gasteiger partial charge in [-0.05, 0) is 60.5 Å². The van der Waals surface area contributed by atoms with Gasteiger partial charge in [0, 0.05) is 11.3 Å². The SMILES string of the molecule is Cc1ccc(C)c(-n2nnnc2SCc2nc(-c3ccccc3)oc2C)c1. The van der Waals surface area contributed by atoms with Crippen molar-refractivity contribution in [3.8, 4) is 17.1 Å². The summed E-state index contributed by atoms with van der Waals surface area (Å²) in [6, 6.07) is 16.2. The normalized spacial score (nSPS) is 11.1. The van der Waals surface area contributed by atoms with Gasteiger partial charge in [-0.25, -0.2) is 4.98 Å². The van der Waals surface area contributed by atoms with Gasteiger partial charge in [0.2, 0.25) is 11.0 Å². The molecule has 0 bridgehead atoms. The Bertz CT molecular complexity index is 1070. The molecule has 0 saturated heterocycles. The molecule has 27 heavy (non-hydrogen) atoms. The molecule has 0 N–H and O–H groups in total. The molecule has 0 radical (unpaired) electrons. The zero-order valence-corrected chi connectivity index (χ0v) is 16.2. The fourth-order valence-electron chi connectivity index (χ4n) is 2.77. The smallest absolute Gasteiger partial charge is 0.226 e. The molecule has 0 unspecified atom stereocenters. The minimum Gasteiger partial charge on any atom is -0.441 e. The van der Waals surface area contributed by atoms with Crippen LogP contribution in [0.2, 0.25) is 0 Å². The van der Waals surface area contributed by atoms with Gasteiger partial charge in [0.1, 0.15) is 5.76 Å². The Kier molecular flexibility index (Phi) is 4.77. The Labute approximate surface area is 161 Å². The van der Waals surface area contributed by atoms with E-state index in [9.17, 15) is 0 Å². The van der Waals surface area contributed by atoms with E-state index >= 15 is 0 Å². The lowest BCUT2D eigenvalue weighted by Gasteiger charge is -2.08. The number of aromatic nitrogens is 5. The minimum absolute atomic E-state index is 0.632. The molecule has 136 valence electrons. The van der Waals surface area contributed by atoms with Gasteiger partial charge in [-0.1, -0.05) is 42.1 Å². The standard InChI is InChI=1S/C20H19N5OS/c1-13-9-10-14(2)18(11-13)25-20(22-23-24-25)27-12-17-15(3)26-19(21-17)16-7-5-4-6-8-16/h4-11H,12H2,1-3H3. The van der Waals surface area contributed by atoms with Gasteiger partial charge in [-0.2, -0.15) is 4.68 Å². The molecular weight excluding hydrogens is 358 g/mol. The van der Waals surface area contributed by atoms with E-state index in [1.807, 2.05) is 37.3 Å². The van der Waals surface area contributed by atoms with Crippen LogP contribution in [0.1, 0.15) is 22.6 Å². The second-order valence-electron chi connectivity index (χ2n) is 6.34. The molecule has 4 aromatic rings. The van der Waals surface area contributed by atoms with Crippen LogP contribution in [0.5, 0.6) is 0 Å². The number of rotatable bonds is 5. The first kappa shape index (κ1) is 17.5. The first-order valence-corrected chi connectivity index (χ1v) is 9.61. The molecule has 2 aromatic carbocycles. The van der Waals surface area contributed by atoms with Gasteiger partial charge >= 0.3 is 0 Å². The van der Waals surface area contributed by atoms with Crippen LogP contribution < -0.4 is 0 Å². The van der Waals surface area contributed by atoms with E-state index in [1.165, 1.54) is 5.56 Å². The van der Waals surface area contributed by atoms with Gasteiger partial charge in [-0.15, -0.1) is 5.10 Å². The van der Waals surface area contributed by atoms with E-state index in [0.29, 0.717) is 11.6 Å². The van der Waals surface area contributed by atoms with Crippen LogP contribution in [0, 0.1) is 20.8 Å². The molecule has 4 rings (SSSR count). The topological polar surface area (TPSA) is 69.6 Å². The molecule has 7 heteroatoms. The Hall–Kier alpha value is -2.93. The van der Waals surface area contributed by atoms with Crippen molar-refractivity contribution in [1.29, 1.82) is 0 Å². The van der Waals surface area contributed by atoms with Crippen molar-refractivity contribution >= 4 is 11.8 Å². The third-order valence-corrected chi connectivity index (χ3v) is 5.22. The number of hydrogen-bond donors (Lipinski definition) is 0. The van der Waals surface area contributed by atoms with Crippen molar-refractivity contribution in [2.45, 2.75) is 31.7 Å². The number of hydrogen-bond acceptors (Lipinski definition) is 6. The molecule has 0 saturated carbocycles. The molecule has 0 fully saturated rings. The van der Waals surface area contributed by atoms with Gasteiger partial charge < -0.3 is 4.42 Å². The van der Waals surface area contributed by atoms with Crippen molar-refractivity contribution in [3.05, 3.63) is 71.1 Å². The first-order chi connectivity index (χ1) is 13.1. The number of nitrogens with zero attached hydrogens (tertiary/aromatic N) is 5. The molecule has 0 spiro atoms. The molecule has 6 nitrogen and oxygen atoms in total. The van der Waals surface area contributed by atoms with E-state index in [1.54, 1.807) is 16.4 Å². The summed E-state index contributed by atoms with van der Waals surface area (Å²) in [5.41, 5.74) is 5.15. The summed E-state index contributed by atoms with van der Waals surface area (Å²) in [5, 5.41) is 12.9.